The number of anilines is 1. The van der Waals surface area contributed by atoms with E-state index in [1.165, 1.54) is 12.0 Å². The minimum atomic E-state index is -0.680. The number of rotatable bonds is 7. The number of hydrogen-bond donors (Lipinski definition) is 2. The minimum Gasteiger partial charge on any atom is -0.467 e. The van der Waals surface area contributed by atoms with E-state index in [-0.39, 0.29) is 12.6 Å². The molecule has 8 nitrogen and oxygen atoms in total. The van der Waals surface area contributed by atoms with Crippen LogP contribution in [0, 0.1) is 0 Å². The number of piperazine rings is 1. The van der Waals surface area contributed by atoms with Crippen LogP contribution in [0.4, 0.5) is 5.69 Å². The Morgan fingerprint density at radius 2 is 1.72 bits per heavy atom. The van der Waals surface area contributed by atoms with E-state index in [2.05, 4.69) is 37.6 Å². The van der Waals surface area contributed by atoms with Gasteiger partial charge in [0.15, 0.2) is 0 Å². The molecule has 3 aromatic rings. The van der Waals surface area contributed by atoms with Gasteiger partial charge in [0.2, 0.25) is 0 Å². The molecule has 2 aromatic heterocycles. The summed E-state index contributed by atoms with van der Waals surface area (Å²) in [5.41, 5.74) is 2.23. The van der Waals surface area contributed by atoms with Crippen molar-refractivity contribution in [3.63, 3.8) is 0 Å². The summed E-state index contributed by atoms with van der Waals surface area (Å²) in [7, 11) is 0. The van der Waals surface area contributed by atoms with Crippen molar-refractivity contribution in [1.82, 2.24) is 20.5 Å². The molecule has 1 aromatic carbocycles. The summed E-state index contributed by atoms with van der Waals surface area (Å²) in [4.78, 5) is 33.5. The van der Waals surface area contributed by atoms with Crippen LogP contribution in [0.3, 0.4) is 0 Å². The number of benzene rings is 1. The fourth-order valence-electron chi connectivity index (χ4n) is 3.89. The van der Waals surface area contributed by atoms with Gasteiger partial charge in [0, 0.05) is 50.8 Å². The summed E-state index contributed by atoms with van der Waals surface area (Å²) in [5, 5.41) is 5.36. The summed E-state index contributed by atoms with van der Waals surface area (Å²) in [6.07, 6.45) is 5.07. The van der Waals surface area contributed by atoms with Crippen LogP contribution in [0.1, 0.15) is 17.4 Å². The Labute approximate surface area is 187 Å². The van der Waals surface area contributed by atoms with E-state index in [0.29, 0.717) is 12.3 Å². The molecule has 1 fully saturated rings. The van der Waals surface area contributed by atoms with Gasteiger partial charge >= 0.3 is 11.8 Å². The lowest BCUT2D eigenvalue weighted by Crippen LogP contribution is -2.50. The normalized spacial score (nSPS) is 15.2. The van der Waals surface area contributed by atoms with E-state index in [4.69, 9.17) is 4.42 Å². The van der Waals surface area contributed by atoms with E-state index in [1.807, 2.05) is 36.5 Å². The molecule has 4 rings (SSSR count). The molecule has 8 heteroatoms. The zero-order chi connectivity index (χ0) is 22.2. The monoisotopic (exact) mass is 433 g/mol. The average molecular weight is 434 g/mol. The highest BCUT2D eigenvalue weighted by molar-refractivity contribution is 6.35. The molecular weight excluding hydrogens is 406 g/mol. The SMILES string of the molecule is O=C(NCc1ccco1)C(=O)NCC(c1cccnc1)N1CCN(c2ccccc2)CC1. The summed E-state index contributed by atoms with van der Waals surface area (Å²) in [6, 6.07) is 17.7. The van der Waals surface area contributed by atoms with Crippen LogP contribution < -0.4 is 15.5 Å². The Bertz CT molecular complexity index is 987. The van der Waals surface area contributed by atoms with Gasteiger partial charge in [0.25, 0.3) is 0 Å². The lowest BCUT2D eigenvalue weighted by molar-refractivity contribution is -0.139. The number of nitrogens with one attached hydrogen (secondary N) is 2. The molecule has 0 aliphatic carbocycles. The van der Waals surface area contributed by atoms with Crippen molar-refractivity contribution in [3.05, 3.63) is 84.6 Å². The number of pyridine rings is 1. The Kier molecular flexibility index (Phi) is 7.14. The van der Waals surface area contributed by atoms with Gasteiger partial charge in [-0.3, -0.25) is 19.5 Å². The lowest BCUT2D eigenvalue weighted by atomic mass is 10.1. The molecule has 166 valence electrons. The zero-order valence-corrected chi connectivity index (χ0v) is 17.8. The molecule has 1 aliphatic heterocycles. The maximum atomic E-state index is 12.4. The molecular formula is C24H27N5O3. The second kappa shape index (κ2) is 10.6. The van der Waals surface area contributed by atoms with Crippen LogP contribution in [-0.2, 0) is 16.1 Å². The maximum Gasteiger partial charge on any atom is 0.309 e. The standard InChI is InChI=1S/C24H27N5O3/c30-23(26-17-21-9-5-15-32-21)24(31)27-18-22(19-6-4-10-25-16-19)29-13-11-28(12-14-29)20-7-2-1-3-8-20/h1-10,15-16,22H,11-14,17-18H2,(H,26,30)(H,27,31). The molecule has 1 unspecified atom stereocenters. The summed E-state index contributed by atoms with van der Waals surface area (Å²) < 4.78 is 5.18. The van der Waals surface area contributed by atoms with Gasteiger partial charge in [-0.05, 0) is 35.9 Å². The Balaban J connectivity index is 1.35. The molecule has 0 bridgehead atoms. The number of aromatic nitrogens is 1. The van der Waals surface area contributed by atoms with Crippen LogP contribution in [0.15, 0.2) is 77.7 Å². The van der Waals surface area contributed by atoms with Crippen molar-refractivity contribution in [2.24, 2.45) is 0 Å². The van der Waals surface area contributed by atoms with E-state index in [1.54, 1.807) is 18.3 Å². The second-order valence-electron chi connectivity index (χ2n) is 7.63. The highest BCUT2D eigenvalue weighted by Crippen LogP contribution is 2.23. The van der Waals surface area contributed by atoms with Gasteiger partial charge in [0.1, 0.15) is 5.76 Å². The largest absolute Gasteiger partial charge is 0.467 e. The molecule has 1 atom stereocenters. The average Bonchev–Trinajstić information content (AvgIpc) is 3.38. The highest BCUT2D eigenvalue weighted by Gasteiger charge is 2.26. The van der Waals surface area contributed by atoms with Crippen LogP contribution in [0.25, 0.3) is 0 Å². The van der Waals surface area contributed by atoms with E-state index >= 15 is 0 Å². The molecule has 3 heterocycles. The second-order valence-corrected chi connectivity index (χ2v) is 7.63. The van der Waals surface area contributed by atoms with Crippen molar-refractivity contribution in [2.45, 2.75) is 12.6 Å². The topological polar surface area (TPSA) is 90.7 Å². The third-order valence-electron chi connectivity index (χ3n) is 5.61. The lowest BCUT2D eigenvalue weighted by Gasteiger charge is -2.40. The van der Waals surface area contributed by atoms with Gasteiger partial charge in [-0.1, -0.05) is 24.3 Å². The maximum absolute atomic E-state index is 12.4. The van der Waals surface area contributed by atoms with Gasteiger partial charge in [-0.25, -0.2) is 0 Å². The molecule has 1 saturated heterocycles. The van der Waals surface area contributed by atoms with Crippen molar-refractivity contribution in [3.8, 4) is 0 Å². The van der Waals surface area contributed by atoms with Crippen molar-refractivity contribution < 1.29 is 14.0 Å². The smallest absolute Gasteiger partial charge is 0.309 e. The van der Waals surface area contributed by atoms with E-state index < -0.39 is 11.8 Å². The number of carbonyl (C=O) groups excluding carboxylic acids is 2. The quantitative estimate of drug-likeness (QED) is 0.554. The van der Waals surface area contributed by atoms with Crippen molar-refractivity contribution in [2.75, 3.05) is 37.6 Å². The van der Waals surface area contributed by atoms with Gasteiger partial charge < -0.3 is 20.0 Å². The van der Waals surface area contributed by atoms with Crippen molar-refractivity contribution in [1.29, 1.82) is 0 Å². The highest BCUT2D eigenvalue weighted by atomic mass is 16.3. The Morgan fingerprint density at radius 1 is 0.938 bits per heavy atom. The third-order valence-corrected chi connectivity index (χ3v) is 5.61. The first kappa shape index (κ1) is 21.6. The molecule has 1 aliphatic rings. The van der Waals surface area contributed by atoms with Crippen LogP contribution in [-0.4, -0.2) is 54.4 Å². The predicted molar refractivity (Wildman–Crippen MR) is 121 cm³/mol. The number of nitrogens with zero attached hydrogens (tertiary/aromatic N) is 3. The van der Waals surface area contributed by atoms with E-state index in [9.17, 15) is 9.59 Å². The molecule has 2 amide bonds. The first-order valence-corrected chi connectivity index (χ1v) is 10.7. The zero-order valence-electron chi connectivity index (χ0n) is 17.8. The first-order chi connectivity index (χ1) is 15.7. The molecule has 0 saturated carbocycles. The number of para-hydroxylation sites is 1. The minimum absolute atomic E-state index is 0.0663. The van der Waals surface area contributed by atoms with Gasteiger partial charge in [0.05, 0.1) is 18.8 Å². The van der Waals surface area contributed by atoms with Gasteiger partial charge in [-0.2, -0.15) is 0 Å². The fourth-order valence-corrected chi connectivity index (χ4v) is 3.89. The Hall–Kier alpha value is -3.65. The molecule has 2 N–H and O–H groups in total. The summed E-state index contributed by atoms with van der Waals surface area (Å²) >= 11 is 0. The molecule has 0 radical (unpaired) electrons. The van der Waals surface area contributed by atoms with E-state index in [0.717, 1.165) is 31.7 Å². The number of amides is 2. The van der Waals surface area contributed by atoms with Crippen LogP contribution in [0.5, 0.6) is 0 Å². The van der Waals surface area contributed by atoms with Gasteiger partial charge in [-0.15, -0.1) is 0 Å². The molecule has 32 heavy (non-hydrogen) atoms. The first-order valence-electron chi connectivity index (χ1n) is 10.7. The fraction of sp³-hybridized carbons (Fsp3) is 0.292. The number of hydrogen-bond acceptors (Lipinski definition) is 6. The van der Waals surface area contributed by atoms with Crippen LogP contribution >= 0.6 is 0 Å². The van der Waals surface area contributed by atoms with Crippen molar-refractivity contribution >= 4 is 17.5 Å². The number of carbonyl (C=O) groups is 2. The predicted octanol–water partition coefficient (Wildman–Crippen LogP) is 1.97. The number of furan rings is 1. The Morgan fingerprint density at radius 3 is 2.41 bits per heavy atom. The summed E-state index contributed by atoms with van der Waals surface area (Å²) in [5.74, 6) is -0.746. The summed E-state index contributed by atoms with van der Waals surface area (Å²) in [6.45, 7) is 3.96. The molecule has 0 spiro atoms. The third kappa shape index (κ3) is 5.53. The van der Waals surface area contributed by atoms with Crippen LogP contribution in [0.2, 0.25) is 0 Å².